The molecular formula is C17H17ClN4. The molecule has 0 unspecified atom stereocenters. The van der Waals surface area contributed by atoms with Crippen LogP contribution in [0.15, 0.2) is 60.0 Å². The quantitative estimate of drug-likeness (QED) is 0.938. The van der Waals surface area contributed by atoms with E-state index in [9.17, 15) is 0 Å². The van der Waals surface area contributed by atoms with Crippen molar-refractivity contribution in [3.05, 3.63) is 71.3 Å². The molecule has 22 heavy (non-hydrogen) atoms. The van der Waals surface area contributed by atoms with Crippen molar-refractivity contribution in [2.75, 3.05) is 18.9 Å². The number of nitrogens with one attached hydrogen (secondary N) is 1. The van der Waals surface area contributed by atoms with E-state index in [2.05, 4.69) is 21.4 Å². The largest absolute Gasteiger partial charge is 0.375 e. The van der Waals surface area contributed by atoms with E-state index in [-0.39, 0.29) is 0 Å². The molecular weight excluding hydrogens is 296 g/mol. The maximum atomic E-state index is 6.32. The highest BCUT2D eigenvalue weighted by Crippen LogP contribution is 2.28. The first-order chi connectivity index (χ1) is 10.7. The molecule has 3 rings (SSSR count). The molecule has 0 fully saturated rings. The van der Waals surface area contributed by atoms with Crippen LogP contribution in [0.3, 0.4) is 0 Å². The number of nitrogens with zero attached hydrogens (tertiary/aromatic N) is 3. The summed E-state index contributed by atoms with van der Waals surface area (Å²) in [7, 11) is 2.00. The second kappa shape index (κ2) is 6.62. The van der Waals surface area contributed by atoms with Crippen LogP contribution < -0.4 is 5.32 Å². The molecule has 5 heteroatoms. The van der Waals surface area contributed by atoms with Gasteiger partial charge in [0.25, 0.3) is 0 Å². The summed E-state index contributed by atoms with van der Waals surface area (Å²) < 4.78 is 0. The smallest absolute Gasteiger partial charge is 0.126 e. The minimum atomic E-state index is 0.713. The van der Waals surface area contributed by atoms with Crippen molar-refractivity contribution in [3.63, 3.8) is 0 Å². The van der Waals surface area contributed by atoms with Gasteiger partial charge in [0, 0.05) is 44.3 Å². The molecule has 2 aromatic rings. The third kappa shape index (κ3) is 3.46. The number of halogens is 1. The molecule has 0 saturated heterocycles. The zero-order valence-electron chi connectivity index (χ0n) is 12.3. The second-order valence-corrected chi connectivity index (χ2v) is 5.56. The first kappa shape index (κ1) is 14.6. The van der Waals surface area contributed by atoms with E-state index in [0.717, 1.165) is 23.6 Å². The van der Waals surface area contributed by atoms with Crippen molar-refractivity contribution in [1.82, 2.24) is 14.9 Å². The summed E-state index contributed by atoms with van der Waals surface area (Å²) in [5, 5.41) is 4.04. The fourth-order valence-electron chi connectivity index (χ4n) is 2.25. The molecule has 3 heterocycles. The number of allylic oxidation sites excluding steroid dienone is 2. The molecule has 0 bridgehead atoms. The van der Waals surface area contributed by atoms with Gasteiger partial charge in [-0.05, 0) is 29.8 Å². The third-order valence-electron chi connectivity index (χ3n) is 3.42. The molecule has 4 nitrogen and oxygen atoms in total. The van der Waals surface area contributed by atoms with E-state index in [1.165, 1.54) is 5.56 Å². The average molecular weight is 313 g/mol. The summed E-state index contributed by atoms with van der Waals surface area (Å²) in [4.78, 5) is 10.7. The van der Waals surface area contributed by atoms with E-state index in [0.29, 0.717) is 11.6 Å². The molecule has 0 aliphatic carbocycles. The topological polar surface area (TPSA) is 41.0 Å². The summed E-state index contributed by atoms with van der Waals surface area (Å²) in [5.74, 6) is 0.832. The van der Waals surface area contributed by atoms with E-state index >= 15 is 0 Å². The number of rotatable bonds is 4. The molecule has 112 valence electrons. The summed E-state index contributed by atoms with van der Waals surface area (Å²) in [5.41, 5.74) is 3.03. The number of hydrogen-bond acceptors (Lipinski definition) is 4. The fraction of sp³-hybridized carbons (Fsp3) is 0.176. The second-order valence-electron chi connectivity index (χ2n) is 5.15. The zero-order chi connectivity index (χ0) is 15.4. The van der Waals surface area contributed by atoms with Gasteiger partial charge < -0.3 is 10.2 Å². The third-order valence-corrected chi connectivity index (χ3v) is 3.72. The van der Waals surface area contributed by atoms with Crippen LogP contribution in [-0.2, 0) is 6.54 Å². The van der Waals surface area contributed by atoms with Gasteiger partial charge in [0.1, 0.15) is 5.82 Å². The number of anilines is 1. The highest BCUT2D eigenvalue weighted by atomic mass is 35.5. The highest BCUT2D eigenvalue weighted by molar-refractivity contribution is 6.37. The molecule has 1 aliphatic rings. The van der Waals surface area contributed by atoms with E-state index < -0.39 is 0 Å². The first-order valence-electron chi connectivity index (χ1n) is 7.10. The Hall–Kier alpha value is -2.33. The van der Waals surface area contributed by atoms with Gasteiger partial charge in [0.2, 0.25) is 0 Å². The molecule has 0 spiro atoms. The minimum absolute atomic E-state index is 0.713. The van der Waals surface area contributed by atoms with Gasteiger partial charge >= 0.3 is 0 Å². The molecule has 0 atom stereocenters. The monoisotopic (exact) mass is 312 g/mol. The molecule has 2 aromatic heterocycles. The van der Waals surface area contributed by atoms with Crippen LogP contribution in [0.25, 0.3) is 5.57 Å². The summed E-state index contributed by atoms with van der Waals surface area (Å²) in [6.45, 7) is 1.55. The Labute approximate surface area is 135 Å². The molecule has 0 radical (unpaired) electrons. The van der Waals surface area contributed by atoms with Crippen LogP contribution in [0.2, 0.25) is 0 Å². The van der Waals surface area contributed by atoms with E-state index in [4.69, 9.17) is 11.6 Å². The van der Waals surface area contributed by atoms with Gasteiger partial charge in [-0.15, -0.1) is 0 Å². The van der Waals surface area contributed by atoms with Crippen LogP contribution in [0.1, 0.15) is 11.3 Å². The van der Waals surface area contributed by atoms with Gasteiger partial charge in [-0.2, -0.15) is 0 Å². The van der Waals surface area contributed by atoms with Crippen molar-refractivity contribution in [1.29, 1.82) is 0 Å². The van der Waals surface area contributed by atoms with Crippen molar-refractivity contribution >= 4 is 23.0 Å². The minimum Gasteiger partial charge on any atom is -0.375 e. The Morgan fingerprint density at radius 1 is 1.23 bits per heavy atom. The Balaban J connectivity index is 1.74. The Morgan fingerprint density at radius 2 is 2.05 bits per heavy atom. The van der Waals surface area contributed by atoms with E-state index in [1.54, 1.807) is 12.4 Å². The van der Waals surface area contributed by atoms with Crippen LogP contribution >= 0.6 is 11.6 Å². The van der Waals surface area contributed by atoms with Crippen LogP contribution in [0.4, 0.5) is 5.82 Å². The number of hydrogen-bond donors (Lipinski definition) is 1. The summed E-state index contributed by atoms with van der Waals surface area (Å²) in [6.07, 6.45) is 7.59. The fourth-order valence-corrected chi connectivity index (χ4v) is 2.59. The van der Waals surface area contributed by atoms with Gasteiger partial charge in [-0.3, -0.25) is 4.98 Å². The lowest BCUT2D eigenvalue weighted by molar-refractivity contribution is 0.505. The van der Waals surface area contributed by atoms with E-state index in [1.807, 2.05) is 48.5 Å². The Kier molecular flexibility index (Phi) is 4.39. The standard InChI is InChI=1S/C17H17ClN4/c1-22-10-7-14(15(18)12-22)16-3-2-4-17(21-16)20-11-13-5-8-19-9-6-13/h2-9,12H,10-11H2,1H3,(H,20,21). The lowest BCUT2D eigenvalue weighted by Crippen LogP contribution is -2.15. The zero-order valence-corrected chi connectivity index (χ0v) is 13.1. The Morgan fingerprint density at radius 3 is 2.82 bits per heavy atom. The lowest BCUT2D eigenvalue weighted by Gasteiger charge is -2.20. The predicted octanol–water partition coefficient (Wildman–Crippen LogP) is 3.50. The summed E-state index contributed by atoms with van der Waals surface area (Å²) in [6, 6.07) is 9.88. The van der Waals surface area contributed by atoms with Gasteiger partial charge in [0.15, 0.2) is 0 Å². The SMILES string of the molecule is CN1C=C(Cl)C(c2cccc(NCc3ccncc3)n2)=CC1. The maximum absolute atomic E-state index is 6.32. The molecule has 0 amide bonds. The van der Waals surface area contributed by atoms with Crippen molar-refractivity contribution in [2.45, 2.75) is 6.54 Å². The molecule has 1 aliphatic heterocycles. The molecule has 1 N–H and O–H groups in total. The maximum Gasteiger partial charge on any atom is 0.126 e. The first-order valence-corrected chi connectivity index (χ1v) is 7.48. The summed E-state index contributed by atoms with van der Waals surface area (Å²) >= 11 is 6.32. The lowest BCUT2D eigenvalue weighted by atomic mass is 10.1. The van der Waals surface area contributed by atoms with Crippen LogP contribution in [-0.4, -0.2) is 28.5 Å². The average Bonchev–Trinajstić information content (AvgIpc) is 2.54. The predicted molar refractivity (Wildman–Crippen MR) is 90.3 cm³/mol. The van der Waals surface area contributed by atoms with Crippen LogP contribution in [0, 0.1) is 0 Å². The van der Waals surface area contributed by atoms with Gasteiger partial charge in [0.05, 0.1) is 10.7 Å². The Bertz CT molecular complexity index is 710. The van der Waals surface area contributed by atoms with Crippen molar-refractivity contribution in [2.24, 2.45) is 0 Å². The normalized spacial score (nSPS) is 14.4. The molecule has 0 saturated carbocycles. The van der Waals surface area contributed by atoms with Crippen molar-refractivity contribution < 1.29 is 0 Å². The van der Waals surface area contributed by atoms with Gasteiger partial charge in [-0.25, -0.2) is 4.98 Å². The highest BCUT2D eigenvalue weighted by Gasteiger charge is 2.12. The van der Waals surface area contributed by atoms with Gasteiger partial charge in [-0.1, -0.05) is 23.7 Å². The molecule has 0 aromatic carbocycles. The number of aromatic nitrogens is 2. The van der Waals surface area contributed by atoms with Crippen LogP contribution in [0.5, 0.6) is 0 Å². The number of likely N-dealkylation sites (N-methyl/N-ethyl adjacent to an activating group) is 1. The van der Waals surface area contributed by atoms with Crippen molar-refractivity contribution in [3.8, 4) is 0 Å². The number of pyridine rings is 2.